The maximum Gasteiger partial charge on any atom is 0.418 e. The zero-order chi connectivity index (χ0) is 16.3. The Morgan fingerprint density at radius 3 is 2.73 bits per heavy atom. The van der Waals surface area contributed by atoms with E-state index in [4.69, 9.17) is 10.00 Å². The number of carbonyl (C=O) groups excluding carboxylic acids is 1. The standard InChI is InChI=1S/C14H14F3N3O2/c1-19(4-5-20-6-7-22-13(20)21)12-8-10(9-18)2-3-11(12)14(15,16)17/h2-3,8H,4-7H2,1H3. The van der Waals surface area contributed by atoms with Crippen molar-refractivity contribution in [3.05, 3.63) is 29.3 Å². The van der Waals surface area contributed by atoms with E-state index in [1.807, 2.05) is 6.07 Å². The smallest absolute Gasteiger partial charge is 0.418 e. The first-order chi connectivity index (χ1) is 10.3. The lowest BCUT2D eigenvalue weighted by molar-refractivity contribution is -0.137. The Kier molecular flexibility index (Phi) is 4.45. The topological polar surface area (TPSA) is 56.6 Å². The summed E-state index contributed by atoms with van der Waals surface area (Å²) in [6, 6.07) is 5.06. The largest absolute Gasteiger partial charge is 0.448 e. The Balaban J connectivity index is 2.18. The lowest BCUT2D eigenvalue weighted by Crippen LogP contribution is -2.34. The molecule has 1 aromatic carbocycles. The average molecular weight is 313 g/mol. The number of ether oxygens (including phenoxy) is 1. The highest BCUT2D eigenvalue weighted by molar-refractivity contribution is 5.69. The van der Waals surface area contributed by atoms with Crippen LogP contribution >= 0.6 is 0 Å². The van der Waals surface area contributed by atoms with Crippen LogP contribution in [0, 0.1) is 11.3 Å². The van der Waals surface area contributed by atoms with E-state index in [1.165, 1.54) is 22.9 Å². The summed E-state index contributed by atoms with van der Waals surface area (Å²) in [5.74, 6) is 0. The van der Waals surface area contributed by atoms with E-state index in [2.05, 4.69) is 0 Å². The van der Waals surface area contributed by atoms with E-state index in [1.54, 1.807) is 0 Å². The summed E-state index contributed by atoms with van der Waals surface area (Å²) in [6.07, 6.45) is -4.97. The molecule has 0 unspecified atom stereocenters. The molecule has 1 saturated heterocycles. The van der Waals surface area contributed by atoms with Gasteiger partial charge in [0.05, 0.1) is 29.4 Å². The fourth-order valence-electron chi connectivity index (χ4n) is 2.18. The number of nitrogens with zero attached hydrogens (tertiary/aromatic N) is 3. The Morgan fingerprint density at radius 1 is 1.45 bits per heavy atom. The molecule has 0 spiro atoms. The van der Waals surface area contributed by atoms with Crippen LogP contribution < -0.4 is 4.90 Å². The molecule has 0 bridgehead atoms. The van der Waals surface area contributed by atoms with Crippen molar-refractivity contribution in [1.29, 1.82) is 5.26 Å². The lowest BCUT2D eigenvalue weighted by Gasteiger charge is -2.25. The highest BCUT2D eigenvalue weighted by Crippen LogP contribution is 2.36. The van der Waals surface area contributed by atoms with Gasteiger partial charge in [0.2, 0.25) is 0 Å². The highest BCUT2D eigenvalue weighted by Gasteiger charge is 2.34. The third-order valence-corrected chi connectivity index (χ3v) is 3.39. The number of halogens is 3. The zero-order valence-corrected chi connectivity index (χ0v) is 11.9. The van der Waals surface area contributed by atoms with E-state index in [-0.39, 0.29) is 24.3 Å². The van der Waals surface area contributed by atoms with Gasteiger partial charge in [0.15, 0.2) is 0 Å². The van der Waals surface area contributed by atoms with Gasteiger partial charge in [-0.15, -0.1) is 0 Å². The Hall–Kier alpha value is -2.43. The minimum absolute atomic E-state index is 0.0842. The summed E-state index contributed by atoms with van der Waals surface area (Å²) in [7, 11) is 1.49. The number of nitriles is 1. The minimum atomic E-state index is -4.51. The third-order valence-electron chi connectivity index (χ3n) is 3.39. The van der Waals surface area contributed by atoms with Crippen molar-refractivity contribution in [2.45, 2.75) is 6.18 Å². The van der Waals surface area contributed by atoms with Gasteiger partial charge in [-0.25, -0.2) is 4.79 Å². The van der Waals surface area contributed by atoms with Crippen molar-refractivity contribution in [1.82, 2.24) is 4.90 Å². The van der Waals surface area contributed by atoms with Gasteiger partial charge in [-0.1, -0.05) is 0 Å². The zero-order valence-electron chi connectivity index (χ0n) is 11.9. The molecule has 22 heavy (non-hydrogen) atoms. The highest BCUT2D eigenvalue weighted by atomic mass is 19.4. The molecular weight excluding hydrogens is 299 g/mol. The Morgan fingerprint density at radius 2 is 2.18 bits per heavy atom. The third kappa shape index (κ3) is 3.42. The van der Waals surface area contributed by atoms with Crippen molar-refractivity contribution in [2.75, 3.05) is 38.2 Å². The van der Waals surface area contributed by atoms with E-state index in [0.29, 0.717) is 13.2 Å². The number of likely N-dealkylation sites (N-methyl/N-ethyl adjacent to an activating group) is 1. The summed E-state index contributed by atoms with van der Waals surface area (Å²) in [6.45, 7) is 1.17. The molecule has 0 aliphatic carbocycles. The van der Waals surface area contributed by atoms with Crippen LogP contribution in [0.25, 0.3) is 0 Å². The number of hydrogen-bond donors (Lipinski definition) is 0. The molecule has 0 saturated carbocycles. The predicted octanol–water partition coefficient (Wildman–Crippen LogP) is 2.47. The summed E-state index contributed by atoms with van der Waals surface area (Å²) in [5, 5.41) is 8.86. The van der Waals surface area contributed by atoms with Gasteiger partial charge in [-0.3, -0.25) is 0 Å². The van der Waals surface area contributed by atoms with Gasteiger partial charge in [-0.2, -0.15) is 18.4 Å². The summed E-state index contributed by atoms with van der Waals surface area (Å²) in [5.41, 5.74) is -0.743. The van der Waals surface area contributed by atoms with Crippen molar-refractivity contribution in [2.24, 2.45) is 0 Å². The van der Waals surface area contributed by atoms with Crippen LogP contribution in [0.4, 0.5) is 23.7 Å². The van der Waals surface area contributed by atoms with Crippen molar-refractivity contribution in [3.8, 4) is 6.07 Å². The summed E-state index contributed by atoms with van der Waals surface area (Å²) in [4.78, 5) is 14.1. The molecule has 2 rings (SSSR count). The first kappa shape index (κ1) is 15.9. The first-order valence-electron chi connectivity index (χ1n) is 6.57. The summed E-state index contributed by atoms with van der Waals surface area (Å²) < 4.78 is 43.9. The second-order valence-corrected chi connectivity index (χ2v) is 4.86. The van der Waals surface area contributed by atoms with Crippen LogP contribution in [0.5, 0.6) is 0 Å². The van der Waals surface area contributed by atoms with Gasteiger partial charge < -0.3 is 14.5 Å². The van der Waals surface area contributed by atoms with Crippen molar-refractivity contribution in [3.63, 3.8) is 0 Å². The summed E-state index contributed by atoms with van der Waals surface area (Å²) >= 11 is 0. The molecule has 0 atom stereocenters. The van der Waals surface area contributed by atoms with Crippen LogP contribution in [0.3, 0.4) is 0 Å². The molecule has 1 amide bonds. The molecular formula is C14H14F3N3O2. The van der Waals surface area contributed by atoms with E-state index >= 15 is 0 Å². The molecule has 8 heteroatoms. The fraction of sp³-hybridized carbons (Fsp3) is 0.429. The number of carbonyl (C=O) groups is 1. The number of anilines is 1. The van der Waals surface area contributed by atoms with Crippen LogP contribution in [-0.4, -0.2) is 44.3 Å². The van der Waals surface area contributed by atoms with Crippen molar-refractivity contribution >= 4 is 11.8 Å². The fourth-order valence-corrected chi connectivity index (χ4v) is 2.18. The predicted molar refractivity (Wildman–Crippen MR) is 72.4 cm³/mol. The molecule has 1 aliphatic heterocycles. The second kappa shape index (κ2) is 6.13. The van der Waals surface area contributed by atoms with Gasteiger partial charge in [0, 0.05) is 20.1 Å². The maximum atomic E-state index is 13.1. The monoisotopic (exact) mass is 313 g/mol. The van der Waals surface area contributed by atoms with E-state index < -0.39 is 17.8 Å². The quantitative estimate of drug-likeness (QED) is 0.857. The average Bonchev–Trinajstić information content (AvgIpc) is 2.88. The van der Waals surface area contributed by atoms with Crippen molar-refractivity contribution < 1.29 is 22.7 Å². The number of hydrogen-bond acceptors (Lipinski definition) is 4. The Labute approximate surface area is 125 Å². The number of alkyl halides is 3. The molecule has 118 valence electrons. The SMILES string of the molecule is CN(CCN1CCOC1=O)c1cc(C#N)ccc1C(F)(F)F. The second-order valence-electron chi connectivity index (χ2n) is 4.86. The molecule has 1 aromatic rings. The Bertz CT molecular complexity index is 610. The van der Waals surface area contributed by atoms with Gasteiger partial charge >= 0.3 is 12.3 Å². The number of amides is 1. The van der Waals surface area contributed by atoms with Gasteiger partial charge in [0.1, 0.15) is 6.61 Å². The number of benzene rings is 1. The van der Waals surface area contributed by atoms with E-state index in [0.717, 1.165) is 12.1 Å². The van der Waals surface area contributed by atoms with Crippen LogP contribution in [0.2, 0.25) is 0 Å². The lowest BCUT2D eigenvalue weighted by atomic mass is 10.1. The number of rotatable bonds is 4. The van der Waals surface area contributed by atoms with Crippen LogP contribution in [-0.2, 0) is 10.9 Å². The normalized spacial score (nSPS) is 14.7. The van der Waals surface area contributed by atoms with Crippen LogP contribution in [0.15, 0.2) is 18.2 Å². The molecule has 1 heterocycles. The van der Waals surface area contributed by atoms with Gasteiger partial charge in [-0.05, 0) is 18.2 Å². The van der Waals surface area contributed by atoms with E-state index in [9.17, 15) is 18.0 Å². The molecule has 0 N–H and O–H groups in total. The van der Waals surface area contributed by atoms with Gasteiger partial charge in [0.25, 0.3) is 0 Å². The maximum absolute atomic E-state index is 13.1. The number of cyclic esters (lactones) is 1. The minimum Gasteiger partial charge on any atom is -0.448 e. The first-order valence-corrected chi connectivity index (χ1v) is 6.57. The molecule has 0 aromatic heterocycles. The molecule has 5 nitrogen and oxygen atoms in total. The molecule has 0 radical (unpaired) electrons. The molecule has 1 aliphatic rings. The molecule has 1 fully saturated rings. The van der Waals surface area contributed by atoms with Crippen LogP contribution in [0.1, 0.15) is 11.1 Å².